The van der Waals surface area contributed by atoms with Gasteiger partial charge in [-0.1, -0.05) is 217 Å². The highest BCUT2D eigenvalue weighted by Crippen LogP contribution is 2.23. The van der Waals surface area contributed by atoms with Crippen molar-refractivity contribution in [2.45, 2.75) is 275 Å². The van der Waals surface area contributed by atoms with Crippen LogP contribution in [0.2, 0.25) is 0 Å². The Bertz CT molecular complexity index is 1080. The molecular weight excluding hydrogens is 783 g/mol. The maximum absolute atomic E-state index is 13.1. The second-order valence-electron chi connectivity index (χ2n) is 18.1. The normalized spacial score (nSPS) is 21.1. The zero-order chi connectivity index (χ0) is 45.3. The van der Waals surface area contributed by atoms with E-state index in [9.17, 15) is 35.4 Å². The summed E-state index contributed by atoms with van der Waals surface area (Å²) < 4.78 is 11.1. The lowest BCUT2D eigenvalue weighted by Crippen LogP contribution is -2.60. The third kappa shape index (κ3) is 31.3. The SMILES string of the molecule is CCCCCCCCC/C=C/CC/C=C/CC/C=C/C(O)C(COC1OC(CO)C(O)C(O)C1O)NC(=O)C(O)CCCCCCCCCCCCCCCCCCCCCC. The number of nitrogens with one attached hydrogen (secondary N) is 1. The van der Waals surface area contributed by atoms with E-state index in [0.29, 0.717) is 19.3 Å². The summed E-state index contributed by atoms with van der Waals surface area (Å²) in [6.07, 6.45) is 42.3. The summed E-state index contributed by atoms with van der Waals surface area (Å²) in [5, 5.41) is 64.8. The van der Waals surface area contributed by atoms with Crippen molar-refractivity contribution in [2.75, 3.05) is 13.2 Å². The summed E-state index contributed by atoms with van der Waals surface area (Å²) in [6.45, 7) is 3.60. The van der Waals surface area contributed by atoms with Crippen molar-refractivity contribution in [1.82, 2.24) is 5.32 Å². The van der Waals surface area contributed by atoms with Crippen LogP contribution in [0.1, 0.15) is 226 Å². The molecule has 0 aromatic heterocycles. The number of unbranched alkanes of at least 4 members (excludes halogenated alkanes) is 28. The van der Waals surface area contributed by atoms with Crippen LogP contribution in [0.4, 0.5) is 0 Å². The topological polar surface area (TPSA) is 169 Å². The molecule has 0 spiro atoms. The van der Waals surface area contributed by atoms with Crippen LogP contribution in [0.3, 0.4) is 0 Å². The molecule has 1 amide bonds. The number of aliphatic hydroxyl groups excluding tert-OH is 6. The molecule has 1 rings (SSSR count). The molecule has 1 fully saturated rings. The Morgan fingerprint density at radius 2 is 0.952 bits per heavy atom. The number of ether oxygens (including phenoxy) is 2. The molecule has 1 aliphatic heterocycles. The fourth-order valence-electron chi connectivity index (χ4n) is 8.08. The van der Waals surface area contributed by atoms with Gasteiger partial charge in [-0.25, -0.2) is 0 Å². The minimum atomic E-state index is -1.62. The molecule has 62 heavy (non-hydrogen) atoms. The monoisotopic (exact) mass is 880 g/mol. The molecule has 7 N–H and O–H groups in total. The van der Waals surface area contributed by atoms with E-state index < -0.39 is 61.5 Å². The van der Waals surface area contributed by atoms with Crippen molar-refractivity contribution in [1.29, 1.82) is 0 Å². The van der Waals surface area contributed by atoms with Gasteiger partial charge >= 0.3 is 0 Å². The molecule has 1 aliphatic rings. The summed E-state index contributed by atoms with van der Waals surface area (Å²) in [6, 6.07) is -1.00. The molecular formula is C52H97NO9. The van der Waals surface area contributed by atoms with Crippen LogP contribution in [0.5, 0.6) is 0 Å². The highest BCUT2D eigenvalue weighted by Gasteiger charge is 2.44. The zero-order valence-electron chi connectivity index (χ0n) is 39.7. The molecule has 0 aromatic rings. The smallest absolute Gasteiger partial charge is 0.249 e. The first-order valence-corrected chi connectivity index (χ1v) is 25.8. The van der Waals surface area contributed by atoms with Crippen LogP contribution in [0.25, 0.3) is 0 Å². The van der Waals surface area contributed by atoms with Crippen molar-refractivity contribution in [3.63, 3.8) is 0 Å². The second-order valence-corrected chi connectivity index (χ2v) is 18.1. The van der Waals surface area contributed by atoms with Gasteiger partial charge in [0.15, 0.2) is 6.29 Å². The number of carbonyl (C=O) groups is 1. The predicted molar refractivity (Wildman–Crippen MR) is 255 cm³/mol. The molecule has 0 radical (unpaired) electrons. The first-order valence-electron chi connectivity index (χ1n) is 25.8. The summed E-state index contributed by atoms with van der Waals surface area (Å²) in [7, 11) is 0. The average Bonchev–Trinajstić information content (AvgIpc) is 3.27. The maximum atomic E-state index is 13.1. The van der Waals surface area contributed by atoms with Gasteiger partial charge in [-0.3, -0.25) is 4.79 Å². The van der Waals surface area contributed by atoms with Gasteiger partial charge in [0.2, 0.25) is 5.91 Å². The third-order valence-electron chi connectivity index (χ3n) is 12.3. The Labute approximate surface area is 379 Å². The molecule has 0 saturated carbocycles. The van der Waals surface area contributed by atoms with Gasteiger partial charge in [0.1, 0.15) is 30.5 Å². The van der Waals surface area contributed by atoms with Gasteiger partial charge in [-0.15, -0.1) is 0 Å². The highest BCUT2D eigenvalue weighted by atomic mass is 16.7. The van der Waals surface area contributed by atoms with E-state index in [4.69, 9.17) is 9.47 Å². The second kappa shape index (κ2) is 42.0. The summed E-state index contributed by atoms with van der Waals surface area (Å²) in [5.41, 5.74) is 0. The van der Waals surface area contributed by atoms with Gasteiger partial charge < -0.3 is 45.4 Å². The minimum absolute atomic E-state index is 0.304. The molecule has 10 nitrogen and oxygen atoms in total. The van der Waals surface area contributed by atoms with E-state index in [1.807, 2.05) is 6.08 Å². The molecule has 0 aromatic carbocycles. The predicted octanol–water partition coefficient (Wildman–Crippen LogP) is 10.6. The largest absolute Gasteiger partial charge is 0.394 e. The number of allylic oxidation sites excluding steroid dienone is 5. The van der Waals surface area contributed by atoms with Crippen LogP contribution in [-0.2, 0) is 14.3 Å². The van der Waals surface area contributed by atoms with Crippen LogP contribution >= 0.6 is 0 Å². The van der Waals surface area contributed by atoms with Crippen LogP contribution < -0.4 is 5.32 Å². The molecule has 364 valence electrons. The van der Waals surface area contributed by atoms with Gasteiger partial charge in [-0.05, 0) is 44.9 Å². The van der Waals surface area contributed by atoms with E-state index in [1.165, 1.54) is 148 Å². The van der Waals surface area contributed by atoms with Crippen molar-refractivity contribution >= 4 is 5.91 Å². The Hall–Kier alpha value is -1.63. The standard InChI is InChI=1S/C52H97NO9/c1-3-5-7-9-11-13-15-17-19-21-22-23-25-27-29-31-33-35-37-39-41-46(56)51(60)53-44(43-61-52-50(59)49(58)48(57)47(42-54)62-52)45(55)40-38-36-34-32-30-28-26-24-20-18-16-14-12-10-8-6-4-2/h20,24,30,32,38,40,44-50,52,54-59H,3-19,21-23,25-29,31,33-37,39,41-43H2,1-2H3,(H,53,60)/b24-20+,32-30+,40-38+. The number of carbonyl (C=O) groups excluding carboxylic acids is 1. The fourth-order valence-corrected chi connectivity index (χ4v) is 8.08. The lowest BCUT2D eigenvalue weighted by molar-refractivity contribution is -0.302. The van der Waals surface area contributed by atoms with E-state index in [-0.39, 0.29) is 6.61 Å². The van der Waals surface area contributed by atoms with E-state index in [1.54, 1.807) is 6.08 Å². The summed E-state index contributed by atoms with van der Waals surface area (Å²) in [4.78, 5) is 13.1. The fraction of sp³-hybridized carbons (Fsp3) is 0.865. The lowest BCUT2D eigenvalue weighted by Gasteiger charge is -2.40. The Balaban J connectivity index is 2.37. The Morgan fingerprint density at radius 3 is 1.40 bits per heavy atom. The van der Waals surface area contributed by atoms with Crippen molar-refractivity contribution in [3.8, 4) is 0 Å². The molecule has 0 bridgehead atoms. The molecule has 1 heterocycles. The van der Waals surface area contributed by atoms with Gasteiger partial charge in [0.25, 0.3) is 0 Å². The van der Waals surface area contributed by atoms with Gasteiger partial charge in [-0.2, -0.15) is 0 Å². The number of rotatable bonds is 43. The van der Waals surface area contributed by atoms with Crippen LogP contribution in [0.15, 0.2) is 36.5 Å². The summed E-state index contributed by atoms with van der Waals surface area (Å²) >= 11 is 0. The molecule has 1 saturated heterocycles. The molecule has 0 aliphatic carbocycles. The van der Waals surface area contributed by atoms with Gasteiger partial charge in [0.05, 0.1) is 25.4 Å². The number of aliphatic hydroxyl groups is 6. The Morgan fingerprint density at radius 1 is 0.548 bits per heavy atom. The summed E-state index contributed by atoms with van der Waals surface area (Å²) in [5.74, 6) is -0.628. The molecule has 8 unspecified atom stereocenters. The zero-order valence-corrected chi connectivity index (χ0v) is 39.7. The number of hydrogen-bond donors (Lipinski definition) is 7. The first-order chi connectivity index (χ1) is 30.3. The maximum Gasteiger partial charge on any atom is 0.249 e. The van der Waals surface area contributed by atoms with E-state index >= 15 is 0 Å². The van der Waals surface area contributed by atoms with Crippen molar-refractivity contribution < 1.29 is 44.9 Å². The first kappa shape index (κ1) is 58.4. The van der Waals surface area contributed by atoms with Crippen molar-refractivity contribution in [3.05, 3.63) is 36.5 Å². The number of hydrogen-bond acceptors (Lipinski definition) is 9. The number of amides is 1. The van der Waals surface area contributed by atoms with Crippen LogP contribution in [0, 0.1) is 0 Å². The minimum Gasteiger partial charge on any atom is -0.394 e. The quantitative estimate of drug-likeness (QED) is 0.0233. The Kier molecular flexibility index (Phi) is 39.6. The average molecular weight is 880 g/mol. The highest BCUT2D eigenvalue weighted by molar-refractivity contribution is 5.80. The van der Waals surface area contributed by atoms with Crippen LogP contribution in [-0.4, -0.2) is 98.7 Å². The van der Waals surface area contributed by atoms with E-state index in [2.05, 4.69) is 43.5 Å². The third-order valence-corrected chi connectivity index (χ3v) is 12.3. The van der Waals surface area contributed by atoms with Crippen molar-refractivity contribution in [2.24, 2.45) is 0 Å². The lowest BCUT2D eigenvalue weighted by atomic mass is 9.99. The molecule has 8 atom stereocenters. The van der Waals surface area contributed by atoms with E-state index in [0.717, 1.165) is 44.9 Å². The molecule has 10 heteroatoms. The van der Waals surface area contributed by atoms with Gasteiger partial charge in [0, 0.05) is 0 Å².